The van der Waals surface area contributed by atoms with Gasteiger partial charge in [-0.15, -0.1) is 0 Å². The van der Waals surface area contributed by atoms with E-state index in [1.54, 1.807) is 19.2 Å². The largest absolute Gasteiger partial charge is 0.316 e. The van der Waals surface area contributed by atoms with Crippen molar-refractivity contribution in [2.75, 3.05) is 12.8 Å². The van der Waals surface area contributed by atoms with Gasteiger partial charge in [0.15, 0.2) is 9.84 Å². The molecule has 0 fully saturated rings. The van der Waals surface area contributed by atoms with Gasteiger partial charge in [0.2, 0.25) is 0 Å². The lowest BCUT2D eigenvalue weighted by Crippen LogP contribution is -2.37. The standard InChI is InChI=1S/C14H23NO2S/c1-10(2)14(15-5)9-18(16,17)13-7-6-11(3)12(4)8-13/h6-8,10,14-15H,9H2,1-5H3. The lowest BCUT2D eigenvalue weighted by atomic mass is 10.1. The van der Waals surface area contributed by atoms with Gasteiger partial charge in [-0.3, -0.25) is 0 Å². The van der Waals surface area contributed by atoms with Crippen molar-refractivity contribution in [3.8, 4) is 0 Å². The number of hydrogen-bond donors (Lipinski definition) is 1. The molecular weight excluding hydrogens is 246 g/mol. The Bertz CT molecular complexity index is 507. The Morgan fingerprint density at radius 1 is 1.17 bits per heavy atom. The highest BCUT2D eigenvalue weighted by atomic mass is 32.2. The number of aryl methyl sites for hydroxylation is 2. The van der Waals surface area contributed by atoms with Gasteiger partial charge >= 0.3 is 0 Å². The van der Waals surface area contributed by atoms with Gasteiger partial charge in [0, 0.05) is 6.04 Å². The highest BCUT2D eigenvalue weighted by Crippen LogP contribution is 2.18. The van der Waals surface area contributed by atoms with E-state index in [2.05, 4.69) is 5.32 Å². The average Bonchev–Trinajstić information content (AvgIpc) is 2.29. The predicted octanol–water partition coefficient (Wildman–Crippen LogP) is 2.32. The van der Waals surface area contributed by atoms with Gasteiger partial charge < -0.3 is 5.32 Å². The molecule has 0 amide bonds. The maximum absolute atomic E-state index is 12.3. The Labute approximate surface area is 111 Å². The minimum atomic E-state index is -3.22. The lowest BCUT2D eigenvalue weighted by molar-refractivity contribution is 0.455. The first-order valence-corrected chi connectivity index (χ1v) is 7.90. The minimum absolute atomic E-state index is 0.0170. The summed E-state index contributed by atoms with van der Waals surface area (Å²) in [6.07, 6.45) is 0. The van der Waals surface area contributed by atoms with Crippen LogP contribution in [0.1, 0.15) is 25.0 Å². The van der Waals surface area contributed by atoms with Crippen LogP contribution in [0.4, 0.5) is 0 Å². The number of hydrogen-bond acceptors (Lipinski definition) is 3. The zero-order chi connectivity index (χ0) is 13.9. The Morgan fingerprint density at radius 2 is 1.78 bits per heavy atom. The summed E-state index contributed by atoms with van der Waals surface area (Å²) in [4.78, 5) is 0.423. The molecule has 0 radical (unpaired) electrons. The zero-order valence-corrected chi connectivity index (χ0v) is 12.6. The molecule has 102 valence electrons. The second-order valence-corrected chi connectivity index (χ2v) is 7.20. The van der Waals surface area contributed by atoms with Crippen molar-refractivity contribution in [3.05, 3.63) is 29.3 Å². The number of sulfone groups is 1. The fourth-order valence-corrected chi connectivity index (χ4v) is 3.70. The van der Waals surface area contributed by atoms with E-state index in [9.17, 15) is 8.42 Å². The summed E-state index contributed by atoms with van der Waals surface area (Å²) in [6, 6.07) is 5.31. The quantitative estimate of drug-likeness (QED) is 0.892. The third-order valence-corrected chi connectivity index (χ3v) is 5.18. The van der Waals surface area contributed by atoms with Crippen LogP contribution in [0, 0.1) is 19.8 Å². The summed E-state index contributed by atoms with van der Waals surface area (Å²) in [5, 5.41) is 3.07. The zero-order valence-electron chi connectivity index (χ0n) is 11.8. The molecule has 1 aromatic rings. The van der Waals surface area contributed by atoms with Gasteiger partial charge in [-0.05, 0) is 50.1 Å². The molecule has 0 heterocycles. The molecular formula is C14H23NO2S. The molecule has 4 heteroatoms. The van der Waals surface area contributed by atoms with Crippen LogP contribution < -0.4 is 5.32 Å². The van der Waals surface area contributed by atoms with E-state index in [1.165, 1.54) is 0 Å². The molecule has 0 aromatic heterocycles. The minimum Gasteiger partial charge on any atom is -0.316 e. The second kappa shape index (κ2) is 5.85. The molecule has 0 saturated heterocycles. The second-order valence-electron chi connectivity index (χ2n) is 5.17. The lowest BCUT2D eigenvalue weighted by Gasteiger charge is -2.20. The molecule has 1 N–H and O–H groups in total. The summed E-state index contributed by atoms with van der Waals surface area (Å²) < 4.78 is 24.7. The molecule has 0 saturated carbocycles. The Kier molecular flexibility index (Phi) is 4.93. The van der Waals surface area contributed by atoms with Crippen LogP contribution in [0.5, 0.6) is 0 Å². The SMILES string of the molecule is CNC(CS(=O)(=O)c1ccc(C)c(C)c1)C(C)C. The maximum Gasteiger partial charge on any atom is 0.179 e. The molecule has 1 aromatic carbocycles. The van der Waals surface area contributed by atoms with Crippen molar-refractivity contribution in [2.45, 2.75) is 38.6 Å². The van der Waals surface area contributed by atoms with Gasteiger partial charge in [0.05, 0.1) is 10.6 Å². The van der Waals surface area contributed by atoms with E-state index in [0.29, 0.717) is 4.90 Å². The highest BCUT2D eigenvalue weighted by molar-refractivity contribution is 7.91. The third-order valence-electron chi connectivity index (χ3n) is 3.41. The molecule has 0 spiro atoms. The molecule has 3 nitrogen and oxygen atoms in total. The molecule has 18 heavy (non-hydrogen) atoms. The summed E-state index contributed by atoms with van der Waals surface area (Å²) >= 11 is 0. The van der Waals surface area contributed by atoms with Gasteiger partial charge in [0.1, 0.15) is 0 Å². The highest BCUT2D eigenvalue weighted by Gasteiger charge is 2.22. The molecule has 0 aliphatic heterocycles. The van der Waals surface area contributed by atoms with Crippen molar-refractivity contribution < 1.29 is 8.42 Å². The third kappa shape index (κ3) is 3.56. The fraction of sp³-hybridized carbons (Fsp3) is 0.571. The summed E-state index contributed by atoms with van der Waals surface area (Å²) in [6.45, 7) is 7.97. The molecule has 1 unspecified atom stereocenters. The van der Waals surface area contributed by atoms with E-state index in [0.717, 1.165) is 11.1 Å². The predicted molar refractivity (Wildman–Crippen MR) is 75.7 cm³/mol. The number of nitrogens with one attached hydrogen (secondary N) is 1. The van der Waals surface area contributed by atoms with Crippen LogP contribution in [0.25, 0.3) is 0 Å². The molecule has 1 atom stereocenters. The first kappa shape index (κ1) is 15.2. The number of rotatable bonds is 5. The van der Waals surface area contributed by atoms with E-state index < -0.39 is 9.84 Å². The topological polar surface area (TPSA) is 46.2 Å². The Balaban J connectivity index is 3.02. The molecule has 0 bridgehead atoms. The fourth-order valence-electron chi connectivity index (χ4n) is 1.85. The van der Waals surface area contributed by atoms with Crippen LogP contribution in [-0.2, 0) is 9.84 Å². The monoisotopic (exact) mass is 269 g/mol. The van der Waals surface area contributed by atoms with E-state index in [-0.39, 0.29) is 17.7 Å². The summed E-state index contributed by atoms with van der Waals surface area (Å²) in [7, 11) is -1.41. The van der Waals surface area contributed by atoms with Crippen LogP contribution in [0.3, 0.4) is 0 Å². The number of benzene rings is 1. The van der Waals surface area contributed by atoms with E-state index in [4.69, 9.17) is 0 Å². The summed E-state index contributed by atoms with van der Waals surface area (Å²) in [5.41, 5.74) is 2.13. The normalized spacial score (nSPS) is 13.9. The van der Waals surface area contributed by atoms with Gasteiger partial charge in [-0.2, -0.15) is 0 Å². The Morgan fingerprint density at radius 3 is 2.22 bits per heavy atom. The average molecular weight is 269 g/mol. The van der Waals surface area contributed by atoms with Crippen molar-refractivity contribution in [3.63, 3.8) is 0 Å². The van der Waals surface area contributed by atoms with Crippen LogP contribution in [0.15, 0.2) is 23.1 Å². The molecule has 0 aliphatic rings. The van der Waals surface area contributed by atoms with E-state index in [1.807, 2.05) is 33.8 Å². The smallest absolute Gasteiger partial charge is 0.179 e. The Hall–Kier alpha value is -0.870. The molecule has 1 rings (SSSR count). The van der Waals surface area contributed by atoms with Crippen molar-refractivity contribution in [1.82, 2.24) is 5.32 Å². The first-order valence-electron chi connectivity index (χ1n) is 6.25. The van der Waals surface area contributed by atoms with Crippen LogP contribution >= 0.6 is 0 Å². The summed E-state index contributed by atoms with van der Waals surface area (Å²) in [5.74, 6) is 0.431. The molecule has 0 aliphatic carbocycles. The van der Waals surface area contributed by atoms with E-state index >= 15 is 0 Å². The first-order chi connectivity index (χ1) is 8.27. The van der Waals surface area contributed by atoms with Crippen molar-refractivity contribution in [1.29, 1.82) is 0 Å². The van der Waals surface area contributed by atoms with Crippen molar-refractivity contribution >= 4 is 9.84 Å². The van der Waals surface area contributed by atoms with Gasteiger partial charge in [-0.1, -0.05) is 19.9 Å². The van der Waals surface area contributed by atoms with Crippen molar-refractivity contribution in [2.24, 2.45) is 5.92 Å². The van der Waals surface area contributed by atoms with Gasteiger partial charge in [-0.25, -0.2) is 8.42 Å². The van der Waals surface area contributed by atoms with Crippen LogP contribution in [-0.4, -0.2) is 27.3 Å². The van der Waals surface area contributed by atoms with Gasteiger partial charge in [0.25, 0.3) is 0 Å². The van der Waals surface area contributed by atoms with Crippen LogP contribution in [0.2, 0.25) is 0 Å². The maximum atomic E-state index is 12.3.